The molecule has 0 radical (unpaired) electrons. The van der Waals surface area contributed by atoms with Crippen molar-refractivity contribution in [2.24, 2.45) is 11.8 Å². The van der Waals surface area contributed by atoms with Crippen molar-refractivity contribution >= 4 is 21.8 Å². The van der Waals surface area contributed by atoms with Gasteiger partial charge in [-0.1, -0.05) is 29.8 Å². The predicted octanol–water partition coefficient (Wildman–Crippen LogP) is 3.32. The van der Waals surface area contributed by atoms with Crippen LogP contribution in [0.3, 0.4) is 0 Å². The van der Waals surface area contributed by atoms with E-state index in [2.05, 4.69) is 29.8 Å². The van der Waals surface area contributed by atoms with Gasteiger partial charge >= 0.3 is 0 Å². The molecule has 0 spiro atoms. The Bertz CT molecular complexity index is 439. The van der Waals surface area contributed by atoms with Crippen molar-refractivity contribution in [3.63, 3.8) is 0 Å². The maximum absolute atomic E-state index is 13.7. The van der Waals surface area contributed by atoms with Crippen LogP contribution in [0, 0.1) is 17.7 Å². The molecule has 0 aromatic heterocycles. The van der Waals surface area contributed by atoms with Crippen molar-refractivity contribution in [2.75, 3.05) is 13.1 Å². The van der Waals surface area contributed by atoms with Crippen LogP contribution in [-0.4, -0.2) is 23.9 Å². The second-order valence-electron chi connectivity index (χ2n) is 4.79. The van der Waals surface area contributed by atoms with Gasteiger partial charge in [0.1, 0.15) is 5.82 Å². The lowest BCUT2D eigenvalue weighted by molar-refractivity contribution is 0.0780. The van der Waals surface area contributed by atoms with E-state index in [0.717, 1.165) is 13.1 Å². The summed E-state index contributed by atoms with van der Waals surface area (Å²) in [4.78, 5) is 13.9. The van der Waals surface area contributed by atoms with E-state index in [9.17, 15) is 9.18 Å². The molecule has 0 N–H and O–H groups in total. The maximum Gasteiger partial charge on any atom is 0.256 e. The summed E-state index contributed by atoms with van der Waals surface area (Å²) in [6.45, 7) is 5.68. The average Bonchev–Trinajstić information content (AvgIpc) is 2.58. The SMILES string of the molecule is CC1CN(C(=O)c2ccc(Br)cc2F)CC1C. The van der Waals surface area contributed by atoms with Gasteiger partial charge in [0.2, 0.25) is 0 Å². The highest BCUT2D eigenvalue weighted by Gasteiger charge is 2.30. The van der Waals surface area contributed by atoms with E-state index < -0.39 is 5.82 Å². The molecule has 17 heavy (non-hydrogen) atoms. The first-order chi connectivity index (χ1) is 7.99. The summed E-state index contributed by atoms with van der Waals surface area (Å²) >= 11 is 3.18. The number of likely N-dealkylation sites (tertiary alicyclic amines) is 1. The lowest BCUT2D eigenvalue weighted by Gasteiger charge is -2.16. The minimum absolute atomic E-state index is 0.162. The van der Waals surface area contributed by atoms with E-state index in [4.69, 9.17) is 0 Å². The van der Waals surface area contributed by atoms with Crippen LogP contribution in [0.25, 0.3) is 0 Å². The van der Waals surface area contributed by atoms with E-state index in [1.165, 1.54) is 12.1 Å². The van der Waals surface area contributed by atoms with E-state index in [1.807, 2.05) is 0 Å². The topological polar surface area (TPSA) is 20.3 Å². The number of halogens is 2. The molecule has 0 saturated carbocycles. The van der Waals surface area contributed by atoms with Crippen molar-refractivity contribution in [3.05, 3.63) is 34.1 Å². The molecule has 0 bridgehead atoms. The third-order valence-electron chi connectivity index (χ3n) is 3.44. The molecule has 2 nitrogen and oxygen atoms in total. The first kappa shape index (κ1) is 12.6. The fourth-order valence-electron chi connectivity index (χ4n) is 2.13. The van der Waals surface area contributed by atoms with Crippen molar-refractivity contribution in [1.82, 2.24) is 4.90 Å². The maximum atomic E-state index is 13.7. The van der Waals surface area contributed by atoms with Crippen LogP contribution in [0.1, 0.15) is 24.2 Å². The van der Waals surface area contributed by atoms with Gasteiger partial charge in [-0.05, 0) is 30.0 Å². The Morgan fingerprint density at radius 3 is 2.47 bits per heavy atom. The van der Waals surface area contributed by atoms with Crippen molar-refractivity contribution in [3.8, 4) is 0 Å². The van der Waals surface area contributed by atoms with E-state index in [0.29, 0.717) is 16.3 Å². The summed E-state index contributed by atoms with van der Waals surface area (Å²) in [5.74, 6) is 0.303. The van der Waals surface area contributed by atoms with Gasteiger partial charge in [0, 0.05) is 17.6 Å². The molecule has 4 heteroatoms. The zero-order valence-corrected chi connectivity index (χ0v) is 11.5. The Morgan fingerprint density at radius 1 is 1.35 bits per heavy atom. The molecule has 1 aromatic rings. The minimum Gasteiger partial charge on any atom is -0.338 e. The Balaban J connectivity index is 2.20. The van der Waals surface area contributed by atoms with Crippen molar-refractivity contribution in [2.45, 2.75) is 13.8 Å². The first-order valence-electron chi connectivity index (χ1n) is 5.73. The van der Waals surface area contributed by atoms with E-state index >= 15 is 0 Å². The molecule has 1 aliphatic rings. The fourth-order valence-corrected chi connectivity index (χ4v) is 2.46. The molecule has 92 valence electrons. The smallest absolute Gasteiger partial charge is 0.256 e. The lowest BCUT2D eigenvalue weighted by atomic mass is 10.0. The highest BCUT2D eigenvalue weighted by atomic mass is 79.9. The Morgan fingerprint density at radius 2 is 1.94 bits per heavy atom. The van der Waals surface area contributed by atoms with E-state index in [1.54, 1.807) is 11.0 Å². The molecule has 2 rings (SSSR count). The third kappa shape index (κ3) is 2.51. The molecular formula is C13H15BrFNO. The summed E-state index contributed by atoms with van der Waals surface area (Å²) in [7, 11) is 0. The monoisotopic (exact) mass is 299 g/mol. The first-order valence-corrected chi connectivity index (χ1v) is 6.52. The second-order valence-corrected chi connectivity index (χ2v) is 5.70. The van der Waals surface area contributed by atoms with Crippen LogP contribution in [0.15, 0.2) is 22.7 Å². The summed E-state index contributed by atoms with van der Waals surface area (Å²) in [6, 6.07) is 4.56. The molecule has 1 heterocycles. The van der Waals surface area contributed by atoms with Crippen LogP contribution in [0.4, 0.5) is 4.39 Å². The van der Waals surface area contributed by atoms with Crippen molar-refractivity contribution in [1.29, 1.82) is 0 Å². The quantitative estimate of drug-likeness (QED) is 0.779. The van der Waals surface area contributed by atoms with Crippen LogP contribution in [-0.2, 0) is 0 Å². The van der Waals surface area contributed by atoms with Gasteiger partial charge in [0.25, 0.3) is 5.91 Å². The van der Waals surface area contributed by atoms with Gasteiger partial charge in [-0.15, -0.1) is 0 Å². The standard InChI is InChI=1S/C13H15BrFNO/c1-8-6-16(7-9(8)2)13(17)11-4-3-10(14)5-12(11)15/h3-5,8-9H,6-7H2,1-2H3. The fraction of sp³-hybridized carbons (Fsp3) is 0.462. The van der Waals surface area contributed by atoms with Gasteiger partial charge in [0.05, 0.1) is 5.56 Å². The summed E-state index contributed by atoms with van der Waals surface area (Å²) in [5, 5.41) is 0. The number of hydrogen-bond donors (Lipinski definition) is 0. The molecular weight excluding hydrogens is 285 g/mol. The van der Waals surface area contributed by atoms with Crippen LogP contribution < -0.4 is 0 Å². The predicted molar refractivity (Wildman–Crippen MR) is 68.3 cm³/mol. The number of carbonyl (C=O) groups is 1. The Hall–Kier alpha value is -0.900. The van der Waals surface area contributed by atoms with Crippen LogP contribution in [0.2, 0.25) is 0 Å². The number of amides is 1. The average molecular weight is 300 g/mol. The van der Waals surface area contributed by atoms with Crippen molar-refractivity contribution < 1.29 is 9.18 Å². The number of rotatable bonds is 1. The molecule has 2 atom stereocenters. The molecule has 1 fully saturated rings. The molecule has 2 unspecified atom stereocenters. The second kappa shape index (κ2) is 4.77. The van der Waals surface area contributed by atoms with Crippen LogP contribution >= 0.6 is 15.9 Å². The molecule has 1 amide bonds. The highest BCUT2D eigenvalue weighted by Crippen LogP contribution is 2.25. The normalized spacial score (nSPS) is 24.1. The summed E-state index contributed by atoms with van der Waals surface area (Å²) < 4.78 is 14.3. The molecule has 0 aliphatic carbocycles. The molecule has 1 aromatic carbocycles. The van der Waals surface area contributed by atoms with Gasteiger partial charge in [-0.25, -0.2) is 4.39 Å². The minimum atomic E-state index is -0.461. The third-order valence-corrected chi connectivity index (χ3v) is 3.93. The Kier molecular flexibility index (Phi) is 3.52. The van der Waals surface area contributed by atoms with E-state index in [-0.39, 0.29) is 11.5 Å². The molecule has 1 aliphatic heterocycles. The largest absolute Gasteiger partial charge is 0.338 e. The zero-order chi connectivity index (χ0) is 12.6. The van der Waals surface area contributed by atoms with Gasteiger partial charge in [-0.3, -0.25) is 4.79 Å². The number of benzene rings is 1. The van der Waals surface area contributed by atoms with Gasteiger partial charge < -0.3 is 4.90 Å². The lowest BCUT2D eigenvalue weighted by Crippen LogP contribution is -2.29. The van der Waals surface area contributed by atoms with Gasteiger partial charge in [-0.2, -0.15) is 0 Å². The number of hydrogen-bond acceptors (Lipinski definition) is 1. The number of nitrogens with zero attached hydrogens (tertiary/aromatic N) is 1. The number of carbonyl (C=O) groups excluding carboxylic acids is 1. The Labute approximate surface area is 109 Å². The highest BCUT2D eigenvalue weighted by molar-refractivity contribution is 9.10. The van der Waals surface area contributed by atoms with Crippen LogP contribution in [0.5, 0.6) is 0 Å². The molecule has 1 saturated heterocycles. The summed E-state index contributed by atoms with van der Waals surface area (Å²) in [6.07, 6.45) is 0. The zero-order valence-electron chi connectivity index (χ0n) is 9.91. The summed E-state index contributed by atoms with van der Waals surface area (Å²) in [5.41, 5.74) is 0.162. The van der Waals surface area contributed by atoms with Gasteiger partial charge in [0.15, 0.2) is 0 Å².